The standard InChI is InChI=1S/C17H16ClFO/c1-10-3-5-14(15(19)7-10)17(18)12-4-6-16-13(9-12)8-11(2)20-16/h3-7,9,11,17H,8H2,1-2H3. The fraction of sp³-hybridized carbons (Fsp3) is 0.294. The second-order valence-electron chi connectivity index (χ2n) is 5.39. The Bertz CT molecular complexity index is 653. The van der Waals surface area contributed by atoms with Crippen molar-refractivity contribution in [1.29, 1.82) is 0 Å². The second-order valence-corrected chi connectivity index (χ2v) is 5.82. The Morgan fingerprint density at radius 2 is 2.05 bits per heavy atom. The molecule has 1 heterocycles. The summed E-state index contributed by atoms with van der Waals surface area (Å²) in [5, 5.41) is -0.475. The number of halogens is 2. The van der Waals surface area contributed by atoms with Gasteiger partial charge in [0.15, 0.2) is 0 Å². The molecule has 0 amide bonds. The van der Waals surface area contributed by atoms with Gasteiger partial charge < -0.3 is 4.74 Å². The van der Waals surface area contributed by atoms with E-state index in [1.54, 1.807) is 6.07 Å². The maximum absolute atomic E-state index is 14.0. The minimum atomic E-state index is -0.475. The highest BCUT2D eigenvalue weighted by Gasteiger charge is 2.22. The molecule has 0 radical (unpaired) electrons. The van der Waals surface area contributed by atoms with Gasteiger partial charge in [-0.1, -0.05) is 24.3 Å². The molecule has 1 nitrogen and oxygen atoms in total. The van der Waals surface area contributed by atoms with Gasteiger partial charge in [0.2, 0.25) is 0 Å². The third kappa shape index (κ3) is 2.40. The minimum absolute atomic E-state index is 0.199. The summed E-state index contributed by atoms with van der Waals surface area (Å²) in [4.78, 5) is 0. The molecule has 20 heavy (non-hydrogen) atoms. The van der Waals surface area contributed by atoms with Crippen LogP contribution in [0.2, 0.25) is 0 Å². The van der Waals surface area contributed by atoms with Crippen LogP contribution in [0.3, 0.4) is 0 Å². The van der Waals surface area contributed by atoms with E-state index in [1.807, 2.05) is 38.1 Å². The molecular formula is C17H16ClFO. The number of hydrogen-bond acceptors (Lipinski definition) is 1. The molecule has 0 saturated heterocycles. The first-order valence-corrected chi connectivity index (χ1v) is 7.18. The van der Waals surface area contributed by atoms with Crippen LogP contribution in [0.1, 0.15) is 34.6 Å². The lowest BCUT2D eigenvalue weighted by molar-refractivity contribution is 0.254. The van der Waals surface area contributed by atoms with Crippen LogP contribution in [0.15, 0.2) is 36.4 Å². The number of aryl methyl sites for hydroxylation is 1. The van der Waals surface area contributed by atoms with Crippen molar-refractivity contribution >= 4 is 11.6 Å². The zero-order valence-electron chi connectivity index (χ0n) is 11.5. The molecule has 0 spiro atoms. The van der Waals surface area contributed by atoms with Crippen LogP contribution in [0.5, 0.6) is 5.75 Å². The van der Waals surface area contributed by atoms with Crippen molar-refractivity contribution in [2.24, 2.45) is 0 Å². The summed E-state index contributed by atoms with van der Waals surface area (Å²) in [6.45, 7) is 3.90. The summed E-state index contributed by atoms with van der Waals surface area (Å²) in [7, 11) is 0. The number of fused-ring (bicyclic) bond motifs is 1. The fourth-order valence-electron chi connectivity index (χ4n) is 2.62. The quantitative estimate of drug-likeness (QED) is 0.723. The monoisotopic (exact) mass is 290 g/mol. The number of benzene rings is 2. The zero-order valence-corrected chi connectivity index (χ0v) is 12.2. The molecule has 2 unspecified atom stereocenters. The third-order valence-corrected chi connectivity index (χ3v) is 4.13. The van der Waals surface area contributed by atoms with Crippen LogP contribution in [0.4, 0.5) is 4.39 Å². The van der Waals surface area contributed by atoms with E-state index in [1.165, 1.54) is 6.07 Å². The summed E-state index contributed by atoms with van der Waals surface area (Å²) in [5.41, 5.74) is 3.47. The van der Waals surface area contributed by atoms with Gasteiger partial charge in [0.25, 0.3) is 0 Å². The molecule has 3 rings (SSSR count). The van der Waals surface area contributed by atoms with Crippen LogP contribution < -0.4 is 4.74 Å². The van der Waals surface area contributed by atoms with Gasteiger partial charge in [0.05, 0.1) is 5.38 Å². The number of hydrogen-bond donors (Lipinski definition) is 0. The van der Waals surface area contributed by atoms with Gasteiger partial charge in [-0.2, -0.15) is 0 Å². The highest BCUT2D eigenvalue weighted by Crippen LogP contribution is 2.36. The van der Waals surface area contributed by atoms with Crippen molar-refractivity contribution in [3.8, 4) is 5.75 Å². The van der Waals surface area contributed by atoms with Crippen LogP contribution >= 0.6 is 11.6 Å². The molecule has 104 valence electrons. The predicted octanol–water partition coefficient (Wildman–Crippen LogP) is 4.79. The van der Waals surface area contributed by atoms with Crippen molar-refractivity contribution in [3.63, 3.8) is 0 Å². The van der Waals surface area contributed by atoms with Crippen molar-refractivity contribution in [1.82, 2.24) is 0 Å². The molecule has 1 aliphatic heterocycles. The SMILES string of the molecule is Cc1ccc(C(Cl)c2ccc3c(c2)CC(C)O3)c(F)c1. The first kappa shape index (κ1) is 13.4. The molecule has 0 bridgehead atoms. The van der Waals surface area contributed by atoms with E-state index in [0.29, 0.717) is 5.56 Å². The van der Waals surface area contributed by atoms with E-state index in [4.69, 9.17) is 16.3 Å². The molecule has 0 fully saturated rings. The zero-order chi connectivity index (χ0) is 14.3. The topological polar surface area (TPSA) is 9.23 Å². The summed E-state index contributed by atoms with van der Waals surface area (Å²) in [6.07, 6.45) is 1.08. The molecule has 2 aromatic rings. The molecule has 3 heteroatoms. The normalized spacial score (nSPS) is 18.5. The highest BCUT2D eigenvalue weighted by atomic mass is 35.5. The Kier molecular flexibility index (Phi) is 3.43. The molecule has 2 atom stereocenters. The molecule has 0 N–H and O–H groups in total. The van der Waals surface area contributed by atoms with Gasteiger partial charge in [-0.3, -0.25) is 0 Å². The van der Waals surface area contributed by atoms with Gasteiger partial charge in [-0.05, 0) is 42.7 Å². The summed E-state index contributed by atoms with van der Waals surface area (Å²) in [5.74, 6) is 0.657. The van der Waals surface area contributed by atoms with Crippen molar-refractivity contribution in [2.45, 2.75) is 31.7 Å². The van der Waals surface area contributed by atoms with Crippen LogP contribution in [-0.2, 0) is 6.42 Å². The van der Waals surface area contributed by atoms with Crippen LogP contribution in [0.25, 0.3) is 0 Å². The third-order valence-electron chi connectivity index (χ3n) is 3.64. The average Bonchev–Trinajstić information content (AvgIpc) is 2.77. The van der Waals surface area contributed by atoms with E-state index in [2.05, 4.69) is 0 Å². The maximum Gasteiger partial charge on any atom is 0.128 e. The lowest BCUT2D eigenvalue weighted by Gasteiger charge is -2.13. The van der Waals surface area contributed by atoms with Crippen LogP contribution in [-0.4, -0.2) is 6.10 Å². The molecule has 0 aromatic heterocycles. The van der Waals surface area contributed by atoms with Crippen LogP contribution in [0, 0.1) is 12.7 Å². The number of ether oxygens (including phenoxy) is 1. The van der Waals surface area contributed by atoms with E-state index >= 15 is 0 Å². The average molecular weight is 291 g/mol. The van der Waals surface area contributed by atoms with Crippen molar-refractivity contribution in [2.75, 3.05) is 0 Å². The Hall–Kier alpha value is -1.54. The summed E-state index contributed by atoms with van der Waals surface area (Å²) < 4.78 is 19.7. The van der Waals surface area contributed by atoms with E-state index in [0.717, 1.165) is 28.9 Å². The van der Waals surface area contributed by atoms with Crippen molar-refractivity contribution < 1.29 is 9.13 Å². The van der Waals surface area contributed by atoms with E-state index < -0.39 is 5.38 Å². The van der Waals surface area contributed by atoms with E-state index in [-0.39, 0.29) is 11.9 Å². The summed E-state index contributed by atoms with van der Waals surface area (Å²) >= 11 is 6.45. The Labute approximate surface area is 123 Å². The van der Waals surface area contributed by atoms with E-state index in [9.17, 15) is 4.39 Å². The molecule has 1 aliphatic rings. The Morgan fingerprint density at radius 1 is 1.25 bits per heavy atom. The lowest BCUT2D eigenvalue weighted by atomic mass is 9.99. The molecular weight excluding hydrogens is 275 g/mol. The first-order valence-electron chi connectivity index (χ1n) is 6.74. The molecule has 0 aliphatic carbocycles. The van der Waals surface area contributed by atoms with Gasteiger partial charge in [-0.25, -0.2) is 4.39 Å². The largest absolute Gasteiger partial charge is 0.490 e. The second kappa shape index (κ2) is 5.10. The minimum Gasteiger partial charge on any atom is -0.490 e. The van der Waals surface area contributed by atoms with Gasteiger partial charge in [-0.15, -0.1) is 11.6 Å². The maximum atomic E-state index is 14.0. The predicted molar refractivity (Wildman–Crippen MR) is 79.1 cm³/mol. The smallest absolute Gasteiger partial charge is 0.128 e. The fourth-order valence-corrected chi connectivity index (χ4v) is 2.93. The van der Waals surface area contributed by atoms with Gasteiger partial charge in [0.1, 0.15) is 17.7 Å². The van der Waals surface area contributed by atoms with Gasteiger partial charge in [0, 0.05) is 12.0 Å². The lowest BCUT2D eigenvalue weighted by Crippen LogP contribution is -2.05. The highest BCUT2D eigenvalue weighted by molar-refractivity contribution is 6.22. The Morgan fingerprint density at radius 3 is 2.80 bits per heavy atom. The first-order chi connectivity index (χ1) is 9.54. The summed E-state index contributed by atoms with van der Waals surface area (Å²) in [6, 6.07) is 11.0. The molecule has 2 aromatic carbocycles. The van der Waals surface area contributed by atoms with Crippen molar-refractivity contribution in [3.05, 3.63) is 64.5 Å². The van der Waals surface area contributed by atoms with Gasteiger partial charge >= 0.3 is 0 Å². The molecule has 0 saturated carbocycles. The number of rotatable bonds is 2. The number of alkyl halides is 1. The Balaban J connectivity index is 1.95.